The van der Waals surface area contributed by atoms with E-state index in [1.807, 2.05) is 0 Å². The number of rotatable bonds is 1. The van der Waals surface area contributed by atoms with Crippen molar-refractivity contribution in [2.24, 2.45) is 11.8 Å². The minimum Gasteiger partial charge on any atom is -0.378 e. The smallest absolute Gasteiger partial charge is 0.109 e. The Labute approximate surface area is 104 Å². The number of hydrogen-bond donors (Lipinski definition) is 1. The van der Waals surface area contributed by atoms with Crippen LogP contribution in [0.1, 0.15) is 39.0 Å². The second kappa shape index (κ2) is 4.87. The van der Waals surface area contributed by atoms with Gasteiger partial charge in [0.2, 0.25) is 0 Å². The second-order valence-electron chi connectivity index (χ2n) is 6.17. The van der Waals surface area contributed by atoms with E-state index >= 15 is 0 Å². The van der Waals surface area contributed by atoms with Crippen molar-refractivity contribution in [3.63, 3.8) is 0 Å². The van der Waals surface area contributed by atoms with Crippen LogP contribution in [0.4, 0.5) is 0 Å². The lowest BCUT2D eigenvalue weighted by Crippen LogP contribution is -2.61. The molecule has 1 saturated carbocycles. The van der Waals surface area contributed by atoms with Gasteiger partial charge in [-0.2, -0.15) is 0 Å². The van der Waals surface area contributed by atoms with E-state index in [1.54, 1.807) is 0 Å². The summed E-state index contributed by atoms with van der Waals surface area (Å²) in [6.07, 6.45) is 6.59. The van der Waals surface area contributed by atoms with Gasteiger partial charge in [0, 0.05) is 25.6 Å². The van der Waals surface area contributed by atoms with Crippen molar-refractivity contribution in [3.05, 3.63) is 0 Å². The normalized spacial score (nSPS) is 47.5. The van der Waals surface area contributed by atoms with E-state index in [9.17, 15) is 0 Å². The number of nitrogens with one attached hydrogen (secondary N) is 1. The van der Waals surface area contributed by atoms with E-state index < -0.39 is 0 Å². The van der Waals surface area contributed by atoms with Crippen molar-refractivity contribution in [2.75, 3.05) is 26.4 Å². The molecule has 2 aliphatic heterocycles. The van der Waals surface area contributed by atoms with E-state index in [2.05, 4.69) is 12.2 Å². The molecule has 2 atom stereocenters. The van der Waals surface area contributed by atoms with Gasteiger partial charge in [-0.3, -0.25) is 0 Å². The zero-order valence-corrected chi connectivity index (χ0v) is 10.9. The summed E-state index contributed by atoms with van der Waals surface area (Å²) in [5, 5.41) is 3.73. The first-order chi connectivity index (χ1) is 8.30. The number of ether oxygens (including phenoxy) is 2. The van der Waals surface area contributed by atoms with E-state index in [-0.39, 0.29) is 5.60 Å². The van der Waals surface area contributed by atoms with E-state index in [1.165, 1.54) is 25.7 Å². The van der Waals surface area contributed by atoms with Crippen LogP contribution < -0.4 is 5.32 Å². The van der Waals surface area contributed by atoms with E-state index in [0.717, 1.165) is 44.6 Å². The molecule has 2 unspecified atom stereocenters. The molecule has 3 aliphatic rings. The van der Waals surface area contributed by atoms with Crippen LogP contribution in [0.15, 0.2) is 0 Å². The minimum atomic E-state index is 0.00347. The summed E-state index contributed by atoms with van der Waals surface area (Å²) in [7, 11) is 0. The molecule has 1 aliphatic carbocycles. The topological polar surface area (TPSA) is 30.5 Å². The highest BCUT2D eigenvalue weighted by atomic mass is 16.6. The van der Waals surface area contributed by atoms with Gasteiger partial charge in [-0.25, -0.2) is 0 Å². The first kappa shape index (κ1) is 11.9. The van der Waals surface area contributed by atoms with E-state index in [0.29, 0.717) is 6.04 Å². The Kier molecular flexibility index (Phi) is 3.42. The summed E-state index contributed by atoms with van der Waals surface area (Å²) in [4.78, 5) is 0. The highest BCUT2D eigenvalue weighted by Crippen LogP contribution is 2.39. The molecule has 2 saturated heterocycles. The van der Waals surface area contributed by atoms with Crippen molar-refractivity contribution >= 4 is 0 Å². The monoisotopic (exact) mass is 239 g/mol. The molecule has 17 heavy (non-hydrogen) atoms. The standard InChI is InChI=1S/C14H25NO2/c1-11-2-4-12(5-3-11)13-14(6-8-16-10-14)17-9-7-15-13/h11-13,15H,2-10H2,1H3. The maximum absolute atomic E-state index is 6.13. The van der Waals surface area contributed by atoms with Crippen molar-refractivity contribution in [2.45, 2.75) is 50.7 Å². The number of hydrogen-bond acceptors (Lipinski definition) is 3. The van der Waals surface area contributed by atoms with Gasteiger partial charge >= 0.3 is 0 Å². The average Bonchev–Trinajstić information content (AvgIpc) is 2.80. The summed E-state index contributed by atoms with van der Waals surface area (Å²) in [5.41, 5.74) is 0.00347. The summed E-state index contributed by atoms with van der Waals surface area (Å²) < 4.78 is 11.7. The van der Waals surface area contributed by atoms with E-state index in [4.69, 9.17) is 9.47 Å². The molecule has 3 nitrogen and oxygen atoms in total. The Bertz CT molecular complexity index is 255. The van der Waals surface area contributed by atoms with Gasteiger partial charge in [0.25, 0.3) is 0 Å². The lowest BCUT2D eigenvalue weighted by Gasteiger charge is -2.46. The zero-order chi connectivity index (χ0) is 11.7. The van der Waals surface area contributed by atoms with Crippen LogP contribution >= 0.6 is 0 Å². The first-order valence-electron chi connectivity index (χ1n) is 7.25. The highest BCUT2D eigenvalue weighted by molar-refractivity contribution is 5.02. The minimum absolute atomic E-state index is 0.00347. The predicted octanol–water partition coefficient (Wildman–Crippen LogP) is 1.96. The molecule has 2 heterocycles. The maximum atomic E-state index is 6.13. The summed E-state index contributed by atoms with van der Waals surface area (Å²) >= 11 is 0. The quantitative estimate of drug-likeness (QED) is 0.759. The number of morpholine rings is 1. The van der Waals surface area contributed by atoms with Crippen molar-refractivity contribution in [1.29, 1.82) is 0 Å². The van der Waals surface area contributed by atoms with Crippen LogP contribution in [-0.2, 0) is 9.47 Å². The summed E-state index contributed by atoms with van der Waals surface area (Å²) in [6.45, 7) is 5.93. The Morgan fingerprint density at radius 1 is 1.12 bits per heavy atom. The van der Waals surface area contributed by atoms with Gasteiger partial charge in [-0.15, -0.1) is 0 Å². The Morgan fingerprint density at radius 3 is 2.65 bits per heavy atom. The van der Waals surface area contributed by atoms with Crippen LogP contribution in [-0.4, -0.2) is 38.0 Å². The van der Waals surface area contributed by atoms with Crippen molar-refractivity contribution in [3.8, 4) is 0 Å². The van der Waals surface area contributed by atoms with Crippen LogP contribution in [0.3, 0.4) is 0 Å². The predicted molar refractivity (Wildman–Crippen MR) is 67.0 cm³/mol. The molecule has 0 radical (unpaired) electrons. The zero-order valence-electron chi connectivity index (χ0n) is 10.9. The Hall–Kier alpha value is -0.120. The molecule has 0 aromatic carbocycles. The second-order valence-corrected chi connectivity index (χ2v) is 6.17. The Morgan fingerprint density at radius 2 is 1.94 bits per heavy atom. The van der Waals surface area contributed by atoms with Crippen LogP contribution in [0, 0.1) is 11.8 Å². The molecule has 3 fully saturated rings. The molecule has 3 rings (SSSR count). The average molecular weight is 239 g/mol. The molecular formula is C14H25NO2. The van der Waals surface area contributed by atoms with Crippen LogP contribution in [0.5, 0.6) is 0 Å². The van der Waals surface area contributed by atoms with Gasteiger partial charge in [-0.05, 0) is 24.7 Å². The van der Waals surface area contributed by atoms with Gasteiger partial charge < -0.3 is 14.8 Å². The molecule has 3 heteroatoms. The van der Waals surface area contributed by atoms with Gasteiger partial charge in [0.1, 0.15) is 5.60 Å². The fourth-order valence-corrected chi connectivity index (χ4v) is 3.88. The molecule has 0 bridgehead atoms. The molecule has 1 N–H and O–H groups in total. The lowest BCUT2D eigenvalue weighted by molar-refractivity contribution is -0.115. The molecule has 0 aromatic rings. The first-order valence-corrected chi connectivity index (χ1v) is 7.25. The van der Waals surface area contributed by atoms with Gasteiger partial charge in [0.05, 0.1) is 13.2 Å². The third-order valence-electron chi connectivity index (χ3n) is 4.97. The molecule has 0 aromatic heterocycles. The molecule has 1 spiro atoms. The molecule has 0 amide bonds. The summed E-state index contributed by atoms with van der Waals surface area (Å²) in [6, 6.07) is 0.534. The molecule has 98 valence electrons. The largest absolute Gasteiger partial charge is 0.378 e. The highest BCUT2D eigenvalue weighted by Gasteiger charge is 2.48. The van der Waals surface area contributed by atoms with Crippen LogP contribution in [0.2, 0.25) is 0 Å². The Balaban J connectivity index is 1.70. The van der Waals surface area contributed by atoms with Gasteiger partial charge in [0.15, 0.2) is 0 Å². The fraction of sp³-hybridized carbons (Fsp3) is 1.00. The third-order valence-corrected chi connectivity index (χ3v) is 4.97. The summed E-state index contributed by atoms with van der Waals surface area (Å²) in [5.74, 6) is 1.72. The third kappa shape index (κ3) is 2.25. The SMILES string of the molecule is CC1CCC(C2NCCOC23CCOC3)CC1. The van der Waals surface area contributed by atoms with Crippen molar-refractivity contribution < 1.29 is 9.47 Å². The maximum Gasteiger partial charge on any atom is 0.109 e. The fourth-order valence-electron chi connectivity index (χ4n) is 3.88. The van der Waals surface area contributed by atoms with Gasteiger partial charge in [-0.1, -0.05) is 19.8 Å². The van der Waals surface area contributed by atoms with Crippen molar-refractivity contribution in [1.82, 2.24) is 5.32 Å². The lowest BCUT2D eigenvalue weighted by atomic mass is 9.73. The van der Waals surface area contributed by atoms with Crippen LogP contribution in [0.25, 0.3) is 0 Å². The molecular weight excluding hydrogens is 214 g/mol.